The minimum atomic E-state index is -0.0164. The van der Waals surface area contributed by atoms with Crippen molar-refractivity contribution in [3.63, 3.8) is 0 Å². The Morgan fingerprint density at radius 1 is 1.42 bits per heavy atom. The summed E-state index contributed by atoms with van der Waals surface area (Å²) < 4.78 is 0. The van der Waals surface area contributed by atoms with Crippen molar-refractivity contribution in [2.45, 2.75) is 25.3 Å². The van der Waals surface area contributed by atoms with Crippen molar-refractivity contribution in [2.75, 3.05) is 46.8 Å². The second kappa shape index (κ2) is 8.53. The maximum absolute atomic E-state index is 11.9. The normalized spacial score (nSPS) is 20.3. The Bertz CT molecular complexity index is 659. The van der Waals surface area contributed by atoms with E-state index in [1.54, 1.807) is 30.3 Å². The zero-order valence-electron chi connectivity index (χ0n) is 15.5. The van der Waals surface area contributed by atoms with Crippen LogP contribution < -0.4 is 5.32 Å². The van der Waals surface area contributed by atoms with Crippen LogP contribution in [0.5, 0.6) is 0 Å². The fraction of sp³-hybridized carbons (Fsp3) is 0.611. The molecule has 2 saturated heterocycles. The maximum Gasteiger partial charge on any atom is 0.243 e. The van der Waals surface area contributed by atoms with E-state index in [4.69, 9.17) is 0 Å². The number of hydrogen-bond donors (Lipinski definition) is 1. The minimum Gasteiger partial charge on any atom is -0.356 e. The number of nitrogens with one attached hydrogen (secondary N) is 1. The van der Waals surface area contributed by atoms with Crippen LogP contribution >= 0.6 is 11.3 Å². The van der Waals surface area contributed by atoms with Crippen molar-refractivity contribution in [3.05, 3.63) is 22.4 Å². The molecule has 3 rings (SSSR count). The molecule has 1 unspecified atom stereocenters. The second-order valence-corrected chi connectivity index (χ2v) is 7.94. The molecular weight excluding hydrogens is 350 g/mol. The first-order valence-corrected chi connectivity index (χ1v) is 9.98. The highest BCUT2D eigenvalue weighted by Gasteiger charge is 2.36. The Balaban J connectivity index is 1.62. The van der Waals surface area contributed by atoms with Crippen LogP contribution in [0.3, 0.4) is 0 Å². The van der Waals surface area contributed by atoms with Gasteiger partial charge in [-0.15, -0.1) is 11.3 Å². The summed E-state index contributed by atoms with van der Waals surface area (Å²) in [6, 6.07) is 4.45. The van der Waals surface area contributed by atoms with Crippen molar-refractivity contribution in [1.29, 1.82) is 0 Å². The summed E-state index contributed by atoms with van der Waals surface area (Å²) in [5, 5.41) is 5.50. The van der Waals surface area contributed by atoms with Gasteiger partial charge < -0.3 is 20.0 Å². The van der Waals surface area contributed by atoms with Crippen LogP contribution in [0.1, 0.15) is 17.7 Å². The van der Waals surface area contributed by atoms with Gasteiger partial charge in [0.1, 0.15) is 6.54 Å². The third kappa shape index (κ3) is 4.55. The van der Waals surface area contributed by atoms with Crippen LogP contribution in [0, 0.1) is 0 Å². The average molecular weight is 378 g/mol. The molecule has 0 aliphatic carbocycles. The van der Waals surface area contributed by atoms with Gasteiger partial charge in [-0.25, -0.2) is 4.99 Å². The number of aliphatic imine (C=N–C) groups is 1. The fourth-order valence-electron chi connectivity index (χ4n) is 3.36. The van der Waals surface area contributed by atoms with Crippen LogP contribution in [0.25, 0.3) is 0 Å². The SMILES string of the molecule is CN(C)C(=O)CN=C(NCCc1cccs1)N1CCN2C(=O)CCC2C1. The first kappa shape index (κ1) is 18.7. The molecule has 3 heterocycles. The number of fused-ring (bicyclic) bond motifs is 1. The van der Waals surface area contributed by atoms with Gasteiger partial charge in [0, 0.05) is 57.6 Å². The third-order valence-corrected chi connectivity index (χ3v) is 5.83. The van der Waals surface area contributed by atoms with E-state index in [0.717, 1.165) is 45.0 Å². The topological polar surface area (TPSA) is 68.2 Å². The quantitative estimate of drug-likeness (QED) is 0.604. The summed E-state index contributed by atoms with van der Waals surface area (Å²) in [6.45, 7) is 3.18. The molecule has 2 amide bonds. The van der Waals surface area contributed by atoms with E-state index < -0.39 is 0 Å². The molecule has 2 aliphatic rings. The van der Waals surface area contributed by atoms with Crippen LogP contribution in [-0.4, -0.2) is 85.3 Å². The Labute approximate surface area is 158 Å². The number of thiophene rings is 1. The minimum absolute atomic E-state index is 0.0164. The number of carbonyl (C=O) groups is 2. The smallest absolute Gasteiger partial charge is 0.243 e. The maximum atomic E-state index is 11.9. The van der Waals surface area contributed by atoms with Crippen LogP contribution in [0.4, 0.5) is 0 Å². The molecule has 2 aliphatic heterocycles. The van der Waals surface area contributed by atoms with Gasteiger partial charge in [0.05, 0.1) is 0 Å². The monoisotopic (exact) mass is 377 g/mol. The predicted octanol–water partition coefficient (Wildman–Crippen LogP) is 0.631. The van der Waals surface area contributed by atoms with Gasteiger partial charge in [0.25, 0.3) is 0 Å². The number of nitrogens with zero attached hydrogens (tertiary/aromatic N) is 4. The summed E-state index contributed by atoms with van der Waals surface area (Å²) in [5.74, 6) is 1.02. The van der Waals surface area contributed by atoms with Crippen molar-refractivity contribution in [3.8, 4) is 0 Å². The van der Waals surface area contributed by atoms with Gasteiger partial charge in [0.15, 0.2) is 5.96 Å². The van der Waals surface area contributed by atoms with E-state index in [-0.39, 0.29) is 24.4 Å². The number of piperazine rings is 1. The van der Waals surface area contributed by atoms with E-state index in [9.17, 15) is 9.59 Å². The third-order valence-electron chi connectivity index (χ3n) is 4.89. The van der Waals surface area contributed by atoms with Crippen molar-refractivity contribution in [1.82, 2.24) is 20.0 Å². The molecule has 2 fully saturated rings. The van der Waals surface area contributed by atoms with Gasteiger partial charge in [-0.1, -0.05) is 6.07 Å². The zero-order valence-corrected chi connectivity index (χ0v) is 16.3. The Morgan fingerprint density at radius 2 is 2.27 bits per heavy atom. The molecule has 0 spiro atoms. The molecule has 1 atom stereocenters. The van der Waals surface area contributed by atoms with Crippen molar-refractivity contribution < 1.29 is 9.59 Å². The molecule has 0 radical (unpaired) electrons. The number of likely N-dealkylation sites (N-methyl/N-ethyl adjacent to an activating group) is 1. The van der Waals surface area contributed by atoms with E-state index >= 15 is 0 Å². The summed E-state index contributed by atoms with van der Waals surface area (Å²) in [6.07, 6.45) is 2.49. The summed E-state index contributed by atoms with van der Waals surface area (Å²) in [7, 11) is 3.48. The molecule has 7 nitrogen and oxygen atoms in total. The van der Waals surface area contributed by atoms with E-state index in [1.807, 2.05) is 4.90 Å². The number of rotatable bonds is 5. The lowest BCUT2D eigenvalue weighted by Gasteiger charge is -2.39. The van der Waals surface area contributed by atoms with Gasteiger partial charge in [-0.2, -0.15) is 0 Å². The number of hydrogen-bond acceptors (Lipinski definition) is 4. The fourth-order valence-corrected chi connectivity index (χ4v) is 4.07. The van der Waals surface area contributed by atoms with Crippen LogP contribution in [-0.2, 0) is 16.0 Å². The molecule has 0 aromatic carbocycles. The lowest BCUT2D eigenvalue weighted by molar-refractivity contribution is -0.130. The second-order valence-electron chi connectivity index (χ2n) is 6.91. The highest BCUT2D eigenvalue weighted by atomic mass is 32.1. The van der Waals surface area contributed by atoms with Crippen molar-refractivity contribution >= 4 is 29.1 Å². The molecule has 142 valence electrons. The Hall–Kier alpha value is -2.09. The average Bonchev–Trinajstić information content (AvgIpc) is 3.27. The highest BCUT2D eigenvalue weighted by Crippen LogP contribution is 2.22. The predicted molar refractivity (Wildman–Crippen MR) is 103 cm³/mol. The summed E-state index contributed by atoms with van der Waals surface area (Å²) >= 11 is 1.75. The van der Waals surface area contributed by atoms with Crippen LogP contribution in [0.15, 0.2) is 22.5 Å². The van der Waals surface area contributed by atoms with Gasteiger partial charge >= 0.3 is 0 Å². The van der Waals surface area contributed by atoms with Gasteiger partial charge in [-0.3, -0.25) is 9.59 Å². The molecular formula is C18H27N5O2S. The lowest BCUT2D eigenvalue weighted by atomic mass is 10.1. The van der Waals surface area contributed by atoms with E-state index in [1.165, 1.54) is 4.88 Å². The molecule has 1 aromatic rings. The Morgan fingerprint density at radius 3 is 3.00 bits per heavy atom. The van der Waals surface area contributed by atoms with Gasteiger partial charge in [-0.05, 0) is 24.3 Å². The molecule has 0 bridgehead atoms. The molecule has 0 saturated carbocycles. The number of guanidine groups is 1. The molecule has 1 aromatic heterocycles. The Kier molecular flexibility index (Phi) is 6.13. The lowest BCUT2D eigenvalue weighted by Crippen LogP contribution is -2.56. The van der Waals surface area contributed by atoms with Gasteiger partial charge in [0.2, 0.25) is 11.8 Å². The molecule has 8 heteroatoms. The summed E-state index contributed by atoms with van der Waals surface area (Å²) in [4.78, 5) is 35.5. The standard InChI is InChI=1S/C18H27N5O2S/c1-21(2)17(25)12-20-18(19-8-7-15-4-3-11-26-15)22-9-10-23-14(13-22)5-6-16(23)24/h3-4,11,14H,5-10,12-13H2,1-2H3,(H,19,20). The van der Waals surface area contributed by atoms with E-state index in [2.05, 4.69) is 32.7 Å². The molecule has 1 N–H and O–H groups in total. The summed E-state index contributed by atoms with van der Waals surface area (Å²) in [5.41, 5.74) is 0. The first-order valence-electron chi connectivity index (χ1n) is 9.10. The van der Waals surface area contributed by atoms with Crippen LogP contribution in [0.2, 0.25) is 0 Å². The first-order chi connectivity index (χ1) is 12.5. The highest BCUT2D eigenvalue weighted by molar-refractivity contribution is 7.09. The van der Waals surface area contributed by atoms with Crippen molar-refractivity contribution in [2.24, 2.45) is 4.99 Å². The molecule has 26 heavy (non-hydrogen) atoms. The number of amides is 2. The zero-order chi connectivity index (χ0) is 18.5. The number of carbonyl (C=O) groups excluding carboxylic acids is 2. The largest absolute Gasteiger partial charge is 0.356 e. The van der Waals surface area contributed by atoms with E-state index in [0.29, 0.717) is 6.42 Å².